The van der Waals surface area contributed by atoms with Crippen LogP contribution in [0.15, 0.2) is 27.8 Å². The molecule has 1 aromatic heterocycles. The Morgan fingerprint density at radius 1 is 1.35 bits per heavy atom. The van der Waals surface area contributed by atoms with Crippen molar-refractivity contribution in [3.05, 3.63) is 24.2 Å². The molecule has 0 bridgehead atoms. The summed E-state index contributed by atoms with van der Waals surface area (Å²) in [5.74, 6) is -0.402. The van der Waals surface area contributed by atoms with Crippen LogP contribution in [0.5, 0.6) is 0 Å². The summed E-state index contributed by atoms with van der Waals surface area (Å²) < 4.78 is 5.09. The molecule has 1 aliphatic heterocycles. The van der Waals surface area contributed by atoms with Crippen LogP contribution in [-0.2, 0) is 16.1 Å². The summed E-state index contributed by atoms with van der Waals surface area (Å²) in [6, 6.07) is 3.52. The quantitative estimate of drug-likeness (QED) is 0.744. The molecule has 1 aliphatic rings. The van der Waals surface area contributed by atoms with Crippen LogP contribution in [0.4, 0.5) is 0 Å². The first kappa shape index (κ1) is 11.4. The number of hydrogen-bond donors (Lipinski definition) is 2. The normalized spacial score (nSPS) is 19.8. The second kappa shape index (κ2) is 4.82. The van der Waals surface area contributed by atoms with Crippen molar-refractivity contribution in [3.8, 4) is 0 Å². The molecule has 1 saturated heterocycles. The van der Waals surface area contributed by atoms with Gasteiger partial charge in [0.05, 0.1) is 6.26 Å². The van der Waals surface area contributed by atoms with Crippen LogP contribution in [0.2, 0.25) is 0 Å². The molecule has 0 unspecified atom stereocenters. The van der Waals surface area contributed by atoms with E-state index in [0.717, 1.165) is 0 Å². The zero-order valence-corrected chi connectivity index (χ0v) is 9.40. The predicted molar refractivity (Wildman–Crippen MR) is 59.9 cm³/mol. The fourth-order valence-corrected chi connectivity index (χ4v) is 1.57. The minimum absolute atomic E-state index is 0.182. The first-order valence-electron chi connectivity index (χ1n) is 5.39. The van der Waals surface area contributed by atoms with Crippen molar-refractivity contribution >= 4 is 17.8 Å². The second-order valence-corrected chi connectivity index (χ2v) is 3.68. The molecule has 0 atom stereocenters. The summed E-state index contributed by atoms with van der Waals surface area (Å²) in [5, 5.41) is 5.10. The van der Waals surface area contributed by atoms with E-state index in [-0.39, 0.29) is 24.3 Å². The monoisotopic (exact) mass is 235 g/mol. The fraction of sp³-hybridized carbons (Fsp3) is 0.364. The molecule has 2 amide bonds. The van der Waals surface area contributed by atoms with E-state index in [4.69, 9.17) is 4.42 Å². The van der Waals surface area contributed by atoms with Crippen molar-refractivity contribution in [1.29, 1.82) is 0 Å². The maximum absolute atomic E-state index is 11.5. The Morgan fingerprint density at radius 2 is 2.06 bits per heavy atom. The van der Waals surface area contributed by atoms with E-state index in [1.165, 1.54) is 0 Å². The first-order chi connectivity index (χ1) is 8.20. The molecule has 6 heteroatoms. The van der Waals surface area contributed by atoms with Gasteiger partial charge in [0.15, 0.2) is 0 Å². The highest BCUT2D eigenvalue weighted by molar-refractivity contribution is 6.17. The van der Waals surface area contributed by atoms with Gasteiger partial charge in [0.25, 0.3) is 0 Å². The smallest absolute Gasteiger partial charge is 0.239 e. The van der Waals surface area contributed by atoms with Gasteiger partial charge in [-0.2, -0.15) is 0 Å². The maximum atomic E-state index is 11.5. The molecule has 0 radical (unpaired) electrons. The number of furan rings is 1. The number of guanidine groups is 1. The molecule has 1 fully saturated rings. The molecule has 2 N–H and O–H groups in total. The minimum atomic E-state index is -0.627. The molecule has 0 spiro atoms. The van der Waals surface area contributed by atoms with Crippen LogP contribution in [-0.4, -0.2) is 17.8 Å². The lowest BCUT2D eigenvalue weighted by Gasteiger charge is -2.21. The summed E-state index contributed by atoms with van der Waals surface area (Å²) in [6.45, 7) is 2.06. The van der Waals surface area contributed by atoms with Crippen LogP contribution in [0.3, 0.4) is 0 Å². The summed E-state index contributed by atoms with van der Waals surface area (Å²) in [7, 11) is 0. The highest BCUT2D eigenvalue weighted by atomic mass is 16.3. The van der Waals surface area contributed by atoms with Gasteiger partial charge in [0.1, 0.15) is 18.2 Å². The Balaban J connectivity index is 2.02. The highest BCUT2D eigenvalue weighted by Crippen LogP contribution is 2.07. The van der Waals surface area contributed by atoms with Crippen molar-refractivity contribution in [2.75, 3.05) is 0 Å². The van der Waals surface area contributed by atoms with E-state index < -0.39 is 5.92 Å². The molecule has 90 valence electrons. The lowest BCUT2D eigenvalue weighted by atomic mass is 10.0. The minimum Gasteiger partial charge on any atom is -0.467 e. The predicted octanol–water partition coefficient (Wildman–Crippen LogP) is 0.408. The average Bonchev–Trinajstić information content (AvgIpc) is 2.79. The van der Waals surface area contributed by atoms with E-state index in [1.807, 2.05) is 0 Å². The molecular weight excluding hydrogens is 222 g/mol. The molecule has 2 rings (SSSR count). The lowest BCUT2D eigenvalue weighted by Crippen LogP contribution is -2.56. The van der Waals surface area contributed by atoms with Crippen molar-refractivity contribution < 1.29 is 14.0 Å². The standard InChI is InChI=1S/C11H13N3O3/c1-2-8-9(15)13-11(14-10(8)16)12-6-7-4-3-5-17-7/h3-5,8H,2,6H2,1H3,(H2,12,13,14,15,16). The number of nitrogens with zero attached hydrogens (tertiary/aromatic N) is 1. The summed E-state index contributed by atoms with van der Waals surface area (Å²) in [4.78, 5) is 27.1. The fourth-order valence-electron chi connectivity index (χ4n) is 1.57. The van der Waals surface area contributed by atoms with Gasteiger partial charge in [0.2, 0.25) is 17.8 Å². The third-order valence-corrected chi connectivity index (χ3v) is 2.50. The van der Waals surface area contributed by atoms with Crippen LogP contribution in [0.1, 0.15) is 19.1 Å². The van der Waals surface area contributed by atoms with Crippen LogP contribution < -0.4 is 10.6 Å². The SMILES string of the molecule is CCC1C(=O)NC(=NCc2ccco2)NC1=O. The number of carbonyl (C=O) groups excluding carboxylic acids is 2. The molecule has 2 heterocycles. The van der Waals surface area contributed by atoms with Crippen molar-refractivity contribution in [2.45, 2.75) is 19.9 Å². The van der Waals surface area contributed by atoms with Crippen molar-refractivity contribution in [1.82, 2.24) is 10.6 Å². The third-order valence-electron chi connectivity index (χ3n) is 2.50. The molecule has 0 aliphatic carbocycles. The Kier molecular flexibility index (Phi) is 3.22. The van der Waals surface area contributed by atoms with Gasteiger partial charge < -0.3 is 4.42 Å². The lowest BCUT2D eigenvalue weighted by molar-refractivity contribution is -0.135. The Labute approximate surface area is 98.1 Å². The van der Waals surface area contributed by atoms with E-state index in [1.54, 1.807) is 25.3 Å². The van der Waals surface area contributed by atoms with E-state index >= 15 is 0 Å². The van der Waals surface area contributed by atoms with Crippen molar-refractivity contribution in [2.24, 2.45) is 10.9 Å². The zero-order chi connectivity index (χ0) is 12.3. The number of nitrogens with one attached hydrogen (secondary N) is 2. The third kappa shape index (κ3) is 2.52. The molecule has 6 nitrogen and oxygen atoms in total. The van der Waals surface area contributed by atoms with Crippen LogP contribution in [0.25, 0.3) is 0 Å². The average molecular weight is 235 g/mol. The Hall–Kier alpha value is -2.11. The van der Waals surface area contributed by atoms with E-state index in [0.29, 0.717) is 12.2 Å². The van der Waals surface area contributed by atoms with Gasteiger partial charge in [0, 0.05) is 0 Å². The second-order valence-electron chi connectivity index (χ2n) is 3.68. The van der Waals surface area contributed by atoms with Gasteiger partial charge in [-0.05, 0) is 18.6 Å². The summed E-state index contributed by atoms with van der Waals surface area (Å²) >= 11 is 0. The number of hydrogen-bond acceptors (Lipinski definition) is 4. The van der Waals surface area contributed by atoms with Crippen LogP contribution in [0, 0.1) is 5.92 Å². The first-order valence-corrected chi connectivity index (χ1v) is 5.39. The van der Waals surface area contributed by atoms with Gasteiger partial charge in [-0.3, -0.25) is 20.2 Å². The number of rotatable bonds is 3. The molecule has 0 saturated carbocycles. The van der Waals surface area contributed by atoms with Gasteiger partial charge in [-0.25, -0.2) is 4.99 Å². The molecule has 17 heavy (non-hydrogen) atoms. The van der Waals surface area contributed by atoms with Gasteiger partial charge in [-0.1, -0.05) is 6.92 Å². The largest absolute Gasteiger partial charge is 0.467 e. The molecule has 0 aromatic carbocycles. The summed E-state index contributed by atoms with van der Waals surface area (Å²) in [6.07, 6.45) is 2.02. The molecule has 1 aromatic rings. The Morgan fingerprint density at radius 3 is 2.59 bits per heavy atom. The summed E-state index contributed by atoms with van der Waals surface area (Å²) in [5.41, 5.74) is 0. The Bertz CT molecular complexity index is 431. The van der Waals surface area contributed by atoms with Gasteiger partial charge in [-0.15, -0.1) is 0 Å². The maximum Gasteiger partial charge on any atom is 0.239 e. The number of carbonyl (C=O) groups is 2. The van der Waals surface area contributed by atoms with Crippen molar-refractivity contribution in [3.63, 3.8) is 0 Å². The highest BCUT2D eigenvalue weighted by Gasteiger charge is 2.31. The van der Waals surface area contributed by atoms with Gasteiger partial charge >= 0.3 is 0 Å². The number of aliphatic imine (C=N–C) groups is 1. The zero-order valence-electron chi connectivity index (χ0n) is 9.40. The van der Waals surface area contributed by atoms with Crippen LogP contribution >= 0.6 is 0 Å². The van der Waals surface area contributed by atoms with E-state index in [9.17, 15) is 9.59 Å². The number of amides is 2. The molecular formula is C11H13N3O3. The topological polar surface area (TPSA) is 83.7 Å². The van der Waals surface area contributed by atoms with E-state index in [2.05, 4.69) is 15.6 Å².